The van der Waals surface area contributed by atoms with Crippen LogP contribution in [-0.4, -0.2) is 40.1 Å². The molecule has 0 spiro atoms. The van der Waals surface area contributed by atoms with Crippen molar-refractivity contribution in [3.8, 4) is 33.2 Å². The average Bonchev–Trinajstić information content (AvgIpc) is 3.51. The Morgan fingerprint density at radius 2 is 1.83 bits per heavy atom. The molecule has 144 valence electrons. The number of aromatic amines is 2. The Balaban J connectivity index is 1.52. The fourth-order valence-electron chi connectivity index (χ4n) is 3.37. The fraction of sp³-hybridized carbons (Fsp3) is 0. The Morgan fingerprint density at radius 1 is 0.933 bits per heavy atom. The maximum absolute atomic E-state index is 13.5. The number of halogens is 1. The second-order valence-corrected chi connectivity index (χ2v) is 7.62. The lowest BCUT2D eigenvalue weighted by Gasteiger charge is -2.00. The van der Waals surface area contributed by atoms with Crippen LogP contribution in [0.1, 0.15) is 0 Å². The van der Waals surface area contributed by atoms with E-state index in [1.807, 2.05) is 6.07 Å². The third kappa shape index (κ3) is 2.65. The van der Waals surface area contributed by atoms with Crippen LogP contribution in [0.2, 0.25) is 0 Å². The van der Waals surface area contributed by atoms with Crippen LogP contribution in [0.3, 0.4) is 0 Å². The van der Waals surface area contributed by atoms with Gasteiger partial charge in [0.05, 0.1) is 29.1 Å². The van der Waals surface area contributed by atoms with Gasteiger partial charge in [-0.25, -0.2) is 15.0 Å². The molecule has 0 amide bonds. The number of H-pyrrole nitrogens is 2. The molecule has 2 N–H and O–H groups in total. The zero-order valence-corrected chi connectivity index (χ0v) is 16.0. The van der Waals surface area contributed by atoms with E-state index in [2.05, 4.69) is 35.1 Å². The number of fused-ring (bicyclic) bond motifs is 2. The zero-order chi connectivity index (χ0) is 20.1. The van der Waals surface area contributed by atoms with Gasteiger partial charge in [0.25, 0.3) is 0 Å². The van der Waals surface area contributed by atoms with Gasteiger partial charge in [-0.1, -0.05) is 0 Å². The number of nitrogens with zero attached hydrogens (tertiary/aromatic N) is 6. The van der Waals surface area contributed by atoms with E-state index in [1.165, 1.54) is 12.4 Å². The predicted molar refractivity (Wildman–Crippen MR) is 111 cm³/mol. The van der Waals surface area contributed by atoms with Gasteiger partial charge < -0.3 is 4.98 Å². The maximum Gasteiger partial charge on any atom is 0.176 e. The summed E-state index contributed by atoms with van der Waals surface area (Å²) >= 11 is 1.06. The van der Waals surface area contributed by atoms with Gasteiger partial charge in [-0.2, -0.15) is 9.49 Å². The highest BCUT2D eigenvalue weighted by Gasteiger charge is 2.17. The molecule has 30 heavy (non-hydrogen) atoms. The molecule has 6 aromatic rings. The first-order valence-corrected chi connectivity index (χ1v) is 9.77. The Bertz CT molecular complexity index is 1520. The molecule has 0 aliphatic rings. The van der Waals surface area contributed by atoms with Crippen LogP contribution in [0, 0.1) is 5.13 Å². The van der Waals surface area contributed by atoms with Gasteiger partial charge in [0.1, 0.15) is 17.5 Å². The molecule has 0 aliphatic carbocycles. The highest BCUT2D eigenvalue weighted by atomic mass is 32.1. The summed E-state index contributed by atoms with van der Waals surface area (Å²) in [5.41, 5.74) is 5.21. The molecular weight excluding hydrogens is 403 g/mol. The van der Waals surface area contributed by atoms with E-state index in [1.54, 1.807) is 37.1 Å². The van der Waals surface area contributed by atoms with Crippen LogP contribution in [0.15, 0.2) is 55.5 Å². The van der Waals surface area contributed by atoms with Gasteiger partial charge in [-0.15, -0.1) is 11.3 Å². The standard InChI is InChI=1S/C20H11FN8S/c21-17-2-1-16(30-17)12-6-22-7-15-18(12)27-20(26-15)19-11-3-13(10-4-23-9-24-5-10)25-8-14(11)28-29-19/h1-9H,(H,26,27)(H,28,29). The molecule has 0 aliphatic heterocycles. The Labute approximate surface area is 171 Å². The Morgan fingerprint density at radius 3 is 2.67 bits per heavy atom. The summed E-state index contributed by atoms with van der Waals surface area (Å²) in [5, 5.41) is 8.04. The first kappa shape index (κ1) is 16.9. The van der Waals surface area contributed by atoms with Crippen molar-refractivity contribution in [3.63, 3.8) is 0 Å². The van der Waals surface area contributed by atoms with Gasteiger partial charge in [0.2, 0.25) is 0 Å². The number of pyridine rings is 2. The summed E-state index contributed by atoms with van der Waals surface area (Å²) in [6, 6.07) is 5.10. The normalized spacial score (nSPS) is 11.5. The summed E-state index contributed by atoms with van der Waals surface area (Å²) in [6.45, 7) is 0. The van der Waals surface area contributed by atoms with Crippen molar-refractivity contribution in [2.45, 2.75) is 0 Å². The quantitative estimate of drug-likeness (QED) is 0.449. The van der Waals surface area contributed by atoms with Gasteiger partial charge in [0.15, 0.2) is 11.0 Å². The minimum atomic E-state index is -0.249. The van der Waals surface area contributed by atoms with E-state index in [9.17, 15) is 4.39 Å². The van der Waals surface area contributed by atoms with Crippen LogP contribution in [0.4, 0.5) is 4.39 Å². The molecular formula is C20H11FN8S. The van der Waals surface area contributed by atoms with E-state index in [-0.39, 0.29) is 5.13 Å². The Hall–Kier alpha value is -4.05. The number of hydrogen-bond acceptors (Lipinski definition) is 7. The fourth-order valence-corrected chi connectivity index (χ4v) is 4.11. The SMILES string of the molecule is Fc1ccc(-c2cncc3[nH]c(-c4n[nH]c5cnc(-c6cncnc6)cc45)nc23)s1. The number of thiophene rings is 1. The number of imidazole rings is 1. The monoisotopic (exact) mass is 414 g/mol. The lowest BCUT2D eigenvalue weighted by molar-refractivity contribution is 0.657. The number of rotatable bonds is 3. The van der Waals surface area contributed by atoms with E-state index in [4.69, 9.17) is 4.98 Å². The summed E-state index contributed by atoms with van der Waals surface area (Å²) in [5.74, 6) is 0.587. The molecule has 6 heterocycles. The van der Waals surface area contributed by atoms with Crippen molar-refractivity contribution in [1.29, 1.82) is 0 Å². The molecule has 0 fully saturated rings. The van der Waals surface area contributed by atoms with Gasteiger partial charge >= 0.3 is 0 Å². The van der Waals surface area contributed by atoms with E-state index >= 15 is 0 Å². The molecule has 0 saturated carbocycles. The van der Waals surface area contributed by atoms with E-state index in [0.717, 1.165) is 49.5 Å². The first-order chi connectivity index (χ1) is 14.8. The Kier molecular flexibility index (Phi) is 3.65. The lowest BCUT2D eigenvalue weighted by atomic mass is 10.1. The third-order valence-electron chi connectivity index (χ3n) is 4.76. The first-order valence-electron chi connectivity index (χ1n) is 8.95. The van der Waals surface area contributed by atoms with Gasteiger partial charge in [-0.05, 0) is 18.2 Å². The van der Waals surface area contributed by atoms with Crippen molar-refractivity contribution in [1.82, 2.24) is 40.1 Å². The minimum absolute atomic E-state index is 0.249. The molecule has 0 unspecified atom stereocenters. The van der Waals surface area contributed by atoms with E-state index < -0.39 is 0 Å². The second-order valence-electron chi connectivity index (χ2n) is 6.59. The molecule has 0 atom stereocenters. The number of aromatic nitrogens is 8. The minimum Gasteiger partial charge on any atom is -0.335 e. The third-order valence-corrected chi connectivity index (χ3v) is 5.67. The van der Waals surface area contributed by atoms with Crippen molar-refractivity contribution in [2.24, 2.45) is 0 Å². The van der Waals surface area contributed by atoms with Crippen molar-refractivity contribution < 1.29 is 4.39 Å². The largest absolute Gasteiger partial charge is 0.335 e. The second kappa shape index (κ2) is 6.49. The van der Waals surface area contributed by atoms with Crippen molar-refractivity contribution in [2.75, 3.05) is 0 Å². The lowest BCUT2D eigenvalue weighted by Crippen LogP contribution is -1.87. The summed E-state index contributed by atoms with van der Waals surface area (Å²) in [7, 11) is 0. The molecule has 6 rings (SSSR count). The predicted octanol–water partition coefficient (Wildman–Crippen LogP) is 4.22. The van der Waals surface area contributed by atoms with Crippen LogP contribution in [-0.2, 0) is 0 Å². The average molecular weight is 414 g/mol. The topological polar surface area (TPSA) is 109 Å². The number of hydrogen-bond donors (Lipinski definition) is 2. The summed E-state index contributed by atoms with van der Waals surface area (Å²) in [4.78, 5) is 25.6. The zero-order valence-electron chi connectivity index (χ0n) is 15.2. The highest BCUT2D eigenvalue weighted by molar-refractivity contribution is 7.14. The summed E-state index contributed by atoms with van der Waals surface area (Å²) in [6.07, 6.45) is 10.0. The molecule has 0 aromatic carbocycles. The van der Waals surface area contributed by atoms with Crippen molar-refractivity contribution >= 4 is 33.3 Å². The van der Waals surface area contributed by atoms with Gasteiger partial charge in [-0.3, -0.25) is 15.1 Å². The highest BCUT2D eigenvalue weighted by Crippen LogP contribution is 2.34. The van der Waals surface area contributed by atoms with Crippen LogP contribution < -0.4 is 0 Å². The van der Waals surface area contributed by atoms with E-state index in [0.29, 0.717) is 17.0 Å². The smallest absolute Gasteiger partial charge is 0.176 e. The van der Waals surface area contributed by atoms with Crippen molar-refractivity contribution in [3.05, 3.63) is 60.6 Å². The molecule has 0 bridgehead atoms. The van der Waals surface area contributed by atoms with Crippen LogP contribution >= 0.6 is 11.3 Å². The van der Waals surface area contributed by atoms with Crippen LogP contribution in [0.5, 0.6) is 0 Å². The van der Waals surface area contributed by atoms with Gasteiger partial charge in [0, 0.05) is 40.0 Å². The molecule has 8 nitrogen and oxygen atoms in total. The molecule has 0 saturated heterocycles. The van der Waals surface area contributed by atoms with Crippen LogP contribution in [0.25, 0.3) is 55.2 Å². The summed E-state index contributed by atoms with van der Waals surface area (Å²) < 4.78 is 13.5. The molecule has 10 heteroatoms. The maximum atomic E-state index is 13.5. The number of nitrogens with one attached hydrogen (secondary N) is 2. The molecule has 6 aromatic heterocycles. The molecule has 0 radical (unpaired) electrons.